The highest BCUT2D eigenvalue weighted by molar-refractivity contribution is 5.36. The minimum atomic E-state index is 0.316. The Kier molecular flexibility index (Phi) is 6.07. The molecule has 0 amide bonds. The predicted molar refractivity (Wildman–Crippen MR) is 87.0 cm³/mol. The summed E-state index contributed by atoms with van der Waals surface area (Å²) in [5.41, 5.74) is 2.71. The molecule has 1 N–H and O–H groups in total. The quantitative estimate of drug-likeness (QED) is 0.837. The molecule has 21 heavy (non-hydrogen) atoms. The fourth-order valence-corrected chi connectivity index (χ4v) is 3.21. The van der Waals surface area contributed by atoms with Crippen LogP contribution in [0.2, 0.25) is 0 Å². The summed E-state index contributed by atoms with van der Waals surface area (Å²) >= 11 is 0. The van der Waals surface area contributed by atoms with Gasteiger partial charge in [-0.25, -0.2) is 0 Å². The van der Waals surface area contributed by atoms with Gasteiger partial charge >= 0.3 is 0 Å². The van der Waals surface area contributed by atoms with E-state index in [1.165, 1.54) is 17.5 Å². The number of aliphatic hydroxyl groups is 1. The fraction of sp³-hybridized carbons (Fsp3) is 0.667. The molecule has 3 heteroatoms. The van der Waals surface area contributed by atoms with Crippen molar-refractivity contribution in [3.05, 3.63) is 29.3 Å². The minimum absolute atomic E-state index is 0.316. The van der Waals surface area contributed by atoms with Gasteiger partial charge in [-0.1, -0.05) is 19.9 Å². The zero-order valence-electron chi connectivity index (χ0n) is 13.6. The molecular formula is C18H29NO2. The van der Waals surface area contributed by atoms with Crippen molar-refractivity contribution in [3.63, 3.8) is 0 Å². The average molecular weight is 291 g/mol. The number of hydrogen-bond acceptors (Lipinski definition) is 3. The van der Waals surface area contributed by atoms with Gasteiger partial charge in [0.1, 0.15) is 12.4 Å². The van der Waals surface area contributed by atoms with Gasteiger partial charge in [0.05, 0.1) is 0 Å². The summed E-state index contributed by atoms with van der Waals surface area (Å²) in [6.07, 6.45) is 2.15. The van der Waals surface area contributed by atoms with E-state index in [0.717, 1.165) is 38.4 Å². The molecule has 1 heterocycles. The van der Waals surface area contributed by atoms with Crippen LogP contribution in [0, 0.1) is 12.8 Å². The smallest absolute Gasteiger partial charge is 0.119 e. The number of benzene rings is 1. The van der Waals surface area contributed by atoms with Crippen molar-refractivity contribution < 1.29 is 9.84 Å². The maximum absolute atomic E-state index is 8.98. The molecule has 1 unspecified atom stereocenters. The Bertz CT molecular complexity index is 445. The van der Waals surface area contributed by atoms with Crippen LogP contribution in [0.4, 0.5) is 0 Å². The van der Waals surface area contributed by atoms with Crippen molar-refractivity contribution in [3.8, 4) is 5.75 Å². The molecule has 1 atom stereocenters. The molecule has 0 saturated carbocycles. The first kappa shape index (κ1) is 16.3. The summed E-state index contributed by atoms with van der Waals surface area (Å²) in [6, 6.07) is 6.41. The largest absolute Gasteiger partial charge is 0.492 e. The van der Waals surface area contributed by atoms with E-state index in [2.05, 4.69) is 43.9 Å². The lowest BCUT2D eigenvalue weighted by Crippen LogP contribution is -2.26. The molecule has 1 aromatic rings. The molecule has 0 bridgehead atoms. The Balaban J connectivity index is 1.75. The molecule has 118 valence electrons. The van der Waals surface area contributed by atoms with Gasteiger partial charge in [-0.15, -0.1) is 0 Å². The van der Waals surface area contributed by atoms with E-state index in [-0.39, 0.29) is 0 Å². The van der Waals surface area contributed by atoms with Crippen LogP contribution in [0.3, 0.4) is 0 Å². The molecule has 2 rings (SSSR count). The first-order chi connectivity index (χ1) is 10.1. The second-order valence-corrected chi connectivity index (χ2v) is 6.49. The van der Waals surface area contributed by atoms with Crippen LogP contribution >= 0.6 is 0 Å². The van der Waals surface area contributed by atoms with E-state index in [0.29, 0.717) is 18.4 Å². The van der Waals surface area contributed by atoms with Gasteiger partial charge in [0.15, 0.2) is 0 Å². The monoisotopic (exact) mass is 291 g/mol. The molecule has 0 radical (unpaired) electrons. The summed E-state index contributed by atoms with van der Waals surface area (Å²) in [5.74, 6) is 2.21. The van der Waals surface area contributed by atoms with Crippen LogP contribution in [0.15, 0.2) is 18.2 Å². The molecule has 1 fully saturated rings. The summed E-state index contributed by atoms with van der Waals surface area (Å²) in [5, 5.41) is 8.98. The lowest BCUT2D eigenvalue weighted by Gasteiger charge is -2.17. The van der Waals surface area contributed by atoms with Crippen LogP contribution in [-0.2, 0) is 0 Å². The van der Waals surface area contributed by atoms with Gasteiger partial charge in [-0.3, -0.25) is 4.90 Å². The summed E-state index contributed by atoms with van der Waals surface area (Å²) in [4.78, 5) is 2.44. The van der Waals surface area contributed by atoms with E-state index in [1.807, 2.05) is 0 Å². The molecule has 0 aromatic heterocycles. The second kappa shape index (κ2) is 7.81. The maximum Gasteiger partial charge on any atom is 0.119 e. The first-order valence-corrected chi connectivity index (χ1v) is 8.16. The summed E-state index contributed by atoms with van der Waals surface area (Å²) < 4.78 is 5.89. The van der Waals surface area contributed by atoms with Crippen LogP contribution in [0.25, 0.3) is 0 Å². The van der Waals surface area contributed by atoms with Gasteiger partial charge in [0.25, 0.3) is 0 Å². The number of likely N-dealkylation sites (tertiary alicyclic amines) is 1. The molecule has 0 spiro atoms. The van der Waals surface area contributed by atoms with Crippen LogP contribution in [-0.4, -0.2) is 42.9 Å². The van der Waals surface area contributed by atoms with Crippen molar-refractivity contribution in [1.82, 2.24) is 4.90 Å². The highest BCUT2D eigenvalue weighted by Gasteiger charge is 2.21. The van der Waals surface area contributed by atoms with E-state index < -0.39 is 0 Å². The van der Waals surface area contributed by atoms with Crippen molar-refractivity contribution >= 4 is 0 Å². The van der Waals surface area contributed by atoms with Gasteiger partial charge < -0.3 is 9.84 Å². The number of nitrogens with zero attached hydrogens (tertiary/aromatic N) is 1. The van der Waals surface area contributed by atoms with Gasteiger partial charge in [-0.05, 0) is 61.4 Å². The van der Waals surface area contributed by atoms with E-state index in [1.54, 1.807) is 0 Å². The normalized spacial score (nSPS) is 19.4. The van der Waals surface area contributed by atoms with E-state index in [4.69, 9.17) is 9.84 Å². The Hall–Kier alpha value is -1.06. The number of ether oxygens (including phenoxy) is 1. The number of hydrogen-bond donors (Lipinski definition) is 1. The minimum Gasteiger partial charge on any atom is -0.492 e. The zero-order chi connectivity index (χ0) is 15.2. The van der Waals surface area contributed by atoms with Crippen molar-refractivity contribution in [2.75, 3.05) is 32.8 Å². The first-order valence-electron chi connectivity index (χ1n) is 8.16. The SMILES string of the molecule is Cc1cc(OCCN2CCC(CCO)C2)ccc1C(C)C. The highest BCUT2D eigenvalue weighted by Crippen LogP contribution is 2.24. The molecule has 1 aliphatic heterocycles. The van der Waals surface area contributed by atoms with Gasteiger partial charge in [-0.2, -0.15) is 0 Å². The standard InChI is InChI=1S/C18H29NO2/c1-14(2)18-5-4-17(12-15(18)3)21-11-9-19-8-6-16(13-19)7-10-20/h4-5,12,14,16,20H,6-11,13H2,1-3H3. The summed E-state index contributed by atoms with van der Waals surface area (Å²) in [7, 11) is 0. The zero-order valence-corrected chi connectivity index (χ0v) is 13.6. The number of rotatable bonds is 7. The lowest BCUT2D eigenvalue weighted by atomic mass is 9.98. The van der Waals surface area contributed by atoms with E-state index in [9.17, 15) is 0 Å². The van der Waals surface area contributed by atoms with Crippen molar-refractivity contribution in [2.45, 2.75) is 39.5 Å². The van der Waals surface area contributed by atoms with Crippen molar-refractivity contribution in [2.24, 2.45) is 5.92 Å². The predicted octanol–water partition coefficient (Wildman–Crippen LogP) is 3.20. The van der Waals surface area contributed by atoms with E-state index >= 15 is 0 Å². The molecule has 1 aromatic carbocycles. The van der Waals surface area contributed by atoms with Crippen molar-refractivity contribution in [1.29, 1.82) is 0 Å². The van der Waals surface area contributed by atoms with Crippen LogP contribution in [0.1, 0.15) is 43.7 Å². The average Bonchev–Trinajstić information content (AvgIpc) is 2.86. The Morgan fingerprint density at radius 3 is 2.86 bits per heavy atom. The Labute approximate surface area is 128 Å². The topological polar surface area (TPSA) is 32.7 Å². The highest BCUT2D eigenvalue weighted by atomic mass is 16.5. The Morgan fingerprint density at radius 1 is 1.38 bits per heavy atom. The summed E-state index contributed by atoms with van der Waals surface area (Å²) in [6.45, 7) is 10.9. The molecule has 0 aliphatic carbocycles. The molecule has 3 nitrogen and oxygen atoms in total. The third-order valence-corrected chi connectivity index (χ3v) is 4.45. The number of aliphatic hydroxyl groups excluding tert-OH is 1. The molecule has 1 aliphatic rings. The molecular weight excluding hydrogens is 262 g/mol. The third kappa shape index (κ3) is 4.72. The lowest BCUT2D eigenvalue weighted by molar-refractivity contribution is 0.222. The third-order valence-electron chi connectivity index (χ3n) is 4.45. The molecule has 1 saturated heterocycles. The van der Waals surface area contributed by atoms with Gasteiger partial charge in [0.2, 0.25) is 0 Å². The van der Waals surface area contributed by atoms with Crippen LogP contribution < -0.4 is 4.74 Å². The van der Waals surface area contributed by atoms with Gasteiger partial charge in [0, 0.05) is 19.7 Å². The Morgan fingerprint density at radius 2 is 2.19 bits per heavy atom. The fourth-order valence-electron chi connectivity index (χ4n) is 3.21. The van der Waals surface area contributed by atoms with Crippen LogP contribution in [0.5, 0.6) is 5.75 Å². The number of aryl methyl sites for hydroxylation is 1. The second-order valence-electron chi connectivity index (χ2n) is 6.49. The maximum atomic E-state index is 8.98.